The van der Waals surface area contributed by atoms with Crippen LogP contribution in [0.3, 0.4) is 0 Å². The summed E-state index contributed by atoms with van der Waals surface area (Å²) in [6, 6.07) is 4.42. The molecule has 0 heterocycles. The predicted octanol–water partition coefficient (Wildman–Crippen LogP) is 3.16. The lowest BCUT2D eigenvalue weighted by Gasteiger charge is -2.28. The minimum Gasteiger partial charge on any atom is -0.481 e. The number of nitrogen functional groups attached to an aromatic ring is 1. The number of carboxylic acid groups (broad SMARTS) is 1. The highest BCUT2D eigenvalue weighted by Crippen LogP contribution is 2.38. The molecule has 1 unspecified atom stereocenters. The molecule has 1 aliphatic carbocycles. The third-order valence-corrected chi connectivity index (χ3v) is 3.81. The average molecular weight is 251 g/mol. The number of hydrogen-bond acceptors (Lipinski definition) is 2. The quantitative estimate of drug-likeness (QED) is 0.811. The van der Waals surface area contributed by atoms with Crippen LogP contribution in [-0.4, -0.2) is 11.1 Å². The van der Waals surface area contributed by atoms with E-state index >= 15 is 0 Å². The fourth-order valence-electron chi connectivity index (χ4n) is 2.88. The van der Waals surface area contributed by atoms with Crippen molar-refractivity contribution in [1.29, 1.82) is 0 Å². The van der Waals surface area contributed by atoms with Gasteiger partial charge in [-0.3, -0.25) is 4.79 Å². The van der Waals surface area contributed by atoms with Crippen molar-refractivity contribution in [3.63, 3.8) is 0 Å². The van der Waals surface area contributed by atoms with Crippen molar-refractivity contribution < 1.29 is 14.3 Å². The molecule has 3 nitrogen and oxygen atoms in total. The number of carboxylic acids is 1. The van der Waals surface area contributed by atoms with E-state index in [-0.39, 0.29) is 11.6 Å². The number of halogens is 1. The maximum Gasteiger partial charge on any atom is 0.311 e. The lowest BCUT2D eigenvalue weighted by Crippen LogP contribution is -2.24. The van der Waals surface area contributed by atoms with Gasteiger partial charge in [0.25, 0.3) is 0 Å². The highest BCUT2D eigenvalue weighted by Gasteiger charge is 2.32. The second kappa shape index (κ2) is 5.38. The molecule has 0 radical (unpaired) electrons. The molecule has 1 atom stereocenters. The zero-order valence-corrected chi connectivity index (χ0v) is 10.2. The third kappa shape index (κ3) is 2.47. The van der Waals surface area contributed by atoms with Crippen molar-refractivity contribution in [3.8, 4) is 0 Å². The maximum atomic E-state index is 13.5. The highest BCUT2D eigenvalue weighted by molar-refractivity contribution is 5.79. The van der Waals surface area contributed by atoms with Gasteiger partial charge in [0.2, 0.25) is 0 Å². The average Bonchev–Trinajstić information content (AvgIpc) is 2.36. The summed E-state index contributed by atoms with van der Waals surface area (Å²) in [6.07, 6.45) is 5.01. The largest absolute Gasteiger partial charge is 0.481 e. The molecule has 98 valence electrons. The highest BCUT2D eigenvalue weighted by atomic mass is 19.1. The van der Waals surface area contributed by atoms with Gasteiger partial charge < -0.3 is 10.8 Å². The summed E-state index contributed by atoms with van der Waals surface area (Å²) < 4.78 is 13.5. The van der Waals surface area contributed by atoms with Crippen LogP contribution in [0.1, 0.15) is 43.6 Å². The third-order valence-electron chi connectivity index (χ3n) is 3.81. The van der Waals surface area contributed by atoms with Gasteiger partial charge in [-0.1, -0.05) is 31.4 Å². The van der Waals surface area contributed by atoms with Crippen LogP contribution in [0.5, 0.6) is 0 Å². The fraction of sp³-hybridized carbons (Fsp3) is 0.500. The van der Waals surface area contributed by atoms with E-state index in [1.165, 1.54) is 12.1 Å². The minimum absolute atomic E-state index is 0.0181. The van der Waals surface area contributed by atoms with Crippen molar-refractivity contribution in [2.24, 2.45) is 5.92 Å². The van der Waals surface area contributed by atoms with Crippen molar-refractivity contribution in [2.75, 3.05) is 5.73 Å². The number of anilines is 1. The van der Waals surface area contributed by atoms with Gasteiger partial charge in [0.1, 0.15) is 5.82 Å². The number of carbonyl (C=O) groups is 1. The Morgan fingerprint density at radius 1 is 1.33 bits per heavy atom. The molecule has 18 heavy (non-hydrogen) atoms. The molecule has 1 aliphatic rings. The first-order valence-corrected chi connectivity index (χ1v) is 6.38. The number of benzene rings is 1. The van der Waals surface area contributed by atoms with Gasteiger partial charge in [0.05, 0.1) is 11.6 Å². The van der Waals surface area contributed by atoms with Crippen LogP contribution < -0.4 is 5.73 Å². The van der Waals surface area contributed by atoms with E-state index in [1.54, 1.807) is 6.07 Å². The fourth-order valence-corrected chi connectivity index (χ4v) is 2.88. The van der Waals surface area contributed by atoms with Crippen LogP contribution in [0.25, 0.3) is 0 Å². The molecular weight excluding hydrogens is 233 g/mol. The molecule has 1 aromatic carbocycles. The number of nitrogens with two attached hydrogens (primary N) is 1. The number of aliphatic carboxylic acids is 1. The molecule has 0 spiro atoms. The smallest absolute Gasteiger partial charge is 0.311 e. The molecule has 0 bridgehead atoms. The van der Waals surface area contributed by atoms with E-state index in [0.717, 1.165) is 32.1 Å². The number of rotatable bonds is 3. The molecule has 1 saturated carbocycles. The molecule has 1 fully saturated rings. The Hall–Kier alpha value is -1.58. The molecule has 0 aliphatic heterocycles. The molecule has 0 saturated heterocycles. The van der Waals surface area contributed by atoms with E-state index < -0.39 is 17.7 Å². The van der Waals surface area contributed by atoms with Crippen molar-refractivity contribution in [3.05, 3.63) is 29.6 Å². The van der Waals surface area contributed by atoms with Gasteiger partial charge in [-0.15, -0.1) is 0 Å². The Labute approximate surface area is 106 Å². The summed E-state index contributed by atoms with van der Waals surface area (Å²) >= 11 is 0. The Bertz CT molecular complexity index is 441. The molecule has 0 aromatic heterocycles. The topological polar surface area (TPSA) is 63.3 Å². The summed E-state index contributed by atoms with van der Waals surface area (Å²) in [5.41, 5.74) is 6.10. The molecular formula is C14H18FNO2. The second-order valence-electron chi connectivity index (χ2n) is 4.96. The Balaban J connectivity index is 2.34. The van der Waals surface area contributed by atoms with Crippen LogP contribution in [0.15, 0.2) is 18.2 Å². The van der Waals surface area contributed by atoms with Crippen LogP contribution in [0.4, 0.5) is 10.1 Å². The molecule has 1 aromatic rings. The van der Waals surface area contributed by atoms with E-state index in [2.05, 4.69) is 0 Å². The van der Waals surface area contributed by atoms with Crippen LogP contribution >= 0.6 is 0 Å². The molecule has 2 rings (SSSR count). The Morgan fingerprint density at radius 2 is 2.00 bits per heavy atom. The van der Waals surface area contributed by atoms with Crippen molar-refractivity contribution >= 4 is 11.7 Å². The van der Waals surface area contributed by atoms with Crippen LogP contribution in [-0.2, 0) is 4.79 Å². The normalized spacial score (nSPS) is 18.5. The van der Waals surface area contributed by atoms with Crippen LogP contribution in [0.2, 0.25) is 0 Å². The molecule has 0 amide bonds. The summed E-state index contributed by atoms with van der Waals surface area (Å²) in [5, 5.41) is 9.42. The minimum atomic E-state index is -0.904. The Morgan fingerprint density at radius 3 is 2.61 bits per heavy atom. The standard InChI is InChI=1S/C14H18FNO2/c15-11-8-4-7-10(13(11)16)12(14(17)18)9-5-2-1-3-6-9/h4,7-9,12H,1-3,5-6,16H2,(H,17,18). The van der Waals surface area contributed by atoms with Gasteiger partial charge in [-0.25, -0.2) is 4.39 Å². The summed E-state index contributed by atoms with van der Waals surface area (Å²) in [4.78, 5) is 11.5. The number of hydrogen-bond donors (Lipinski definition) is 2. The summed E-state index contributed by atoms with van der Waals surface area (Å²) in [7, 11) is 0. The van der Waals surface area contributed by atoms with Gasteiger partial charge in [-0.05, 0) is 30.4 Å². The van der Waals surface area contributed by atoms with Crippen LogP contribution in [0, 0.1) is 11.7 Å². The summed E-state index contributed by atoms with van der Waals surface area (Å²) in [5.74, 6) is -2.05. The molecule has 4 heteroatoms. The van der Waals surface area contributed by atoms with E-state index in [9.17, 15) is 14.3 Å². The SMILES string of the molecule is Nc1c(F)cccc1C(C(=O)O)C1CCCCC1. The van der Waals surface area contributed by atoms with E-state index in [0.29, 0.717) is 5.56 Å². The van der Waals surface area contributed by atoms with Gasteiger partial charge in [0, 0.05) is 0 Å². The maximum absolute atomic E-state index is 13.5. The van der Waals surface area contributed by atoms with Gasteiger partial charge >= 0.3 is 5.97 Å². The first-order chi connectivity index (χ1) is 8.61. The monoisotopic (exact) mass is 251 g/mol. The second-order valence-corrected chi connectivity index (χ2v) is 4.96. The van der Waals surface area contributed by atoms with Crippen molar-refractivity contribution in [2.45, 2.75) is 38.0 Å². The zero-order valence-electron chi connectivity index (χ0n) is 10.2. The first-order valence-electron chi connectivity index (χ1n) is 6.38. The van der Waals surface area contributed by atoms with Crippen molar-refractivity contribution in [1.82, 2.24) is 0 Å². The predicted molar refractivity (Wildman–Crippen MR) is 67.8 cm³/mol. The van der Waals surface area contributed by atoms with Gasteiger partial charge in [-0.2, -0.15) is 0 Å². The van der Waals surface area contributed by atoms with Gasteiger partial charge in [0.15, 0.2) is 0 Å². The lowest BCUT2D eigenvalue weighted by molar-refractivity contribution is -0.140. The Kier molecular flexibility index (Phi) is 3.84. The summed E-state index contributed by atoms with van der Waals surface area (Å²) in [6.45, 7) is 0. The zero-order chi connectivity index (χ0) is 13.1. The van der Waals surface area contributed by atoms with E-state index in [4.69, 9.17) is 5.73 Å². The lowest BCUT2D eigenvalue weighted by atomic mass is 9.76. The van der Waals surface area contributed by atoms with E-state index in [1.807, 2.05) is 0 Å². The first kappa shape index (κ1) is 12.9. The molecule has 3 N–H and O–H groups in total. The number of para-hydroxylation sites is 1.